The third kappa shape index (κ3) is 16.1. The molecule has 2 aromatic heterocycles. The number of carboxylic acids is 1. The quantitative estimate of drug-likeness (QED) is 0.00868. The molecule has 0 unspecified atom stereocenters. The molecule has 6 aromatic rings. The van der Waals surface area contributed by atoms with Crippen LogP contribution in [0.5, 0.6) is 5.75 Å². The Morgan fingerprint density at radius 1 is 0.806 bits per heavy atom. The van der Waals surface area contributed by atoms with Gasteiger partial charge >= 0.3 is 5.97 Å². The molecule has 0 spiro atoms. The molecule has 28 nitrogen and oxygen atoms in total. The molecular weight excluding hydrogens is 1290 g/mol. The van der Waals surface area contributed by atoms with E-state index in [1.807, 2.05) is 61.5 Å². The van der Waals surface area contributed by atoms with Gasteiger partial charge in [-0.15, -0.1) is 4.91 Å². The first-order chi connectivity index (χ1) is 43.6. The average Bonchev–Trinajstić information content (AvgIpc) is 1.60. The van der Waals surface area contributed by atoms with Gasteiger partial charge in [0.1, 0.15) is 24.1 Å². The van der Waals surface area contributed by atoms with Crippen molar-refractivity contribution in [3.63, 3.8) is 0 Å². The molecule has 0 saturated heterocycles. The highest BCUT2D eigenvalue weighted by Gasteiger charge is 2.45. The largest absolute Gasteiger partial charge is 0.480 e. The summed E-state index contributed by atoms with van der Waals surface area (Å²) in [5.74, 6) is -2.51. The molecule has 1 amide bonds. The van der Waals surface area contributed by atoms with Gasteiger partial charge in [-0.2, -0.15) is 43.2 Å². The van der Waals surface area contributed by atoms with Crippen LogP contribution in [0, 0.1) is 4.91 Å². The van der Waals surface area contributed by atoms with Crippen molar-refractivity contribution in [2.24, 2.45) is 5.29 Å². The number of anilines is 3. The number of hydrogen-bond acceptors (Lipinski definition) is 19. The minimum absolute atomic E-state index is 0.00652. The van der Waals surface area contributed by atoms with Crippen molar-refractivity contribution in [3.05, 3.63) is 181 Å². The summed E-state index contributed by atoms with van der Waals surface area (Å²) in [7, 11) is -17.8. The second-order valence-corrected chi connectivity index (χ2v) is 29.5. The molecule has 1 atom stereocenters. The van der Waals surface area contributed by atoms with Crippen molar-refractivity contribution in [3.8, 4) is 5.75 Å². The predicted octanol–water partition coefficient (Wildman–Crippen LogP) is 7.30. The number of aromatic amines is 1. The number of carbonyl (C=O) groups excluding carboxylic acids is 1. The van der Waals surface area contributed by atoms with Crippen molar-refractivity contribution < 1.29 is 75.9 Å². The molecule has 32 heteroatoms. The van der Waals surface area contributed by atoms with Gasteiger partial charge in [0.25, 0.3) is 51.9 Å². The number of fused-ring (bicyclic) bond motifs is 3. The van der Waals surface area contributed by atoms with Crippen LogP contribution in [0.4, 0.5) is 23.0 Å². The first-order valence-electron chi connectivity index (χ1n) is 29.0. The Kier molecular flexibility index (Phi) is 19.9. The van der Waals surface area contributed by atoms with Crippen molar-refractivity contribution in [1.82, 2.24) is 25.3 Å². The van der Waals surface area contributed by atoms with Crippen LogP contribution in [0.3, 0.4) is 0 Å². The summed E-state index contributed by atoms with van der Waals surface area (Å²) in [5, 5.41) is 17.0. The number of unbranched alkanes of at least 4 members (excludes halogenated alkanes) is 2. The molecule has 0 fully saturated rings. The first-order valence-corrected chi connectivity index (χ1v) is 35.1. The molecule has 9 N–H and O–H groups in total. The Labute approximate surface area is 535 Å². The molecular formula is C61H67N10O18S4+. The van der Waals surface area contributed by atoms with Crippen LogP contribution < -0.4 is 31.3 Å². The number of rotatable bonds is 26. The van der Waals surface area contributed by atoms with E-state index in [1.165, 1.54) is 54.7 Å². The van der Waals surface area contributed by atoms with Crippen molar-refractivity contribution in [2.75, 3.05) is 40.2 Å². The molecule has 3 aliphatic rings. The topological polar surface area (TPSA) is 430 Å². The number of nitrogens with zero attached hydrogens (tertiary/aromatic N) is 7. The fourth-order valence-corrected chi connectivity index (χ4v) is 13.7. The van der Waals surface area contributed by atoms with Gasteiger partial charge in [0, 0.05) is 59.5 Å². The predicted molar refractivity (Wildman–Crippen MR) is 344 cm³/mol. The summed E-state index contributed by atoms with van der Waals surface area (Å²) < 4.78 is 144. The van der Waals surface area contributed by atoms with E-state index in [0.29, 0.717) is 81.4 Å². The molecule has 4 aromatic carbocycles. The number of nitrogens with two attached hydrogens (primary N) is 1. The summed E-state index contributed by atoms with van der Waals surface area (Å²) in [4.78, 5) is 66.5. The third-order valence-corrected chi connectivity index (χ3v) is 19.6. The van der Waals surface area contributed by atoms with Gasteiger partial charge in [0.15, 0.2) is 16.9 Å². The molecule has 0 radical (unpaired) electrons. The number of ether oxygens (including phenoxy) is 1. The Morgan fingerprint density at radius 3 is 2.09 bits per heavy atom. The molecule has 93 heavy (non-hydrogen) atoms. The van der Waals surface area contributed by atoms with Gasteiger partial charge in [-0.05, 0) is 154 Å². The summed E-state index contributed by atoms with van der Waals surface area (Å²) in [6.45, 7) is 7.73. The highest BCUT2D eigenvalue weighted by atomic mass is 32.2. The van der Waals surface area contributed by atoms with E-state index in [4.69, 9.17) is 10.5 Å². The lowest BCUT2D eigenvalue weighted by molar-refractivity contribution is -0.438. The number of aliphatic carboxylic acids is 1. The number of aromatic nitrogens is 4. The van der Waals surface area contributed by atoms with Crippen LogP contribution in [-0.2, 0) is 69.1 Å². The second-order valence-electron chi connectivity index (χ2n) is 23.5. The van der Waals surface area contributed by atoms with Gasteiger partial charge in [-0.1, -0.05) is 32.1 Å². The number of carboxylic acid groups (broad SMARTS) is 1. The Bertz CT molecular complexity index is 4680. The Balaban J connectivity index is 1.03. The molecule has 4 heterocycles. The maximum Gasteiger partial charge on any atom is 0.326 e. The summed E-state index contributed by atoms with van der Waals surface area (Å²) >= 11 is 0. The van der Waals surface area contributed by atoms with Crippen molar-refractivity contribution in [2.45, 2.75) is 112 Å². The van der Waals surface area contributed by atoms with E-state index in [1.54, 1.807) is 36.4 Å². The number of amides is 1. The van der Waals surface area contributed by atoms with Crippen LogP contribution >= 0.6 is 0 Å². The van der Waals surface area contributed by atoms with Crippen LogP contribution in [0.25, 0.3) is 11.2 Å². The number of nitroso groups, excluding NO2 is 1. The van der Waals surface area contributed by atoms with Crippen molar-refractivity contribution >= 4 is 92.2 Å². The van der Waals surface area contributed by atoms with E-state index < -0.39 is 86.3 Å². The summed E-state index contributed by atoms with van der Waals surface area (Å²) in [5.41, 5.74) is 8.96. The minimum Gasteiger partial charge on any atom is -0.480 e. The van der Waals surface area contributed by atoms with Crippen LogP contribution in [-0.4, -0.2) is 130 Å². The Morgan fingerprint density at radius 2 is 1.45 bits per heavy atom. The van der Waals surface area contributed by atoms with Crippen LogP contribution in [0.15, 0.2) is 158 Å². The first kappa shape index (κ1) is 68.5. The maximum absolute atomic E-state index is 13.6. The standard InChI is InChI=1S/C61H66N10O18S4/c1-60(2)46-33-44(92(83,84)85)22-24-49(46)69(28-5-7-30-90(77,78)79)51(60)26-16-38-10-9-11-39(17-27-52-61(3,4)47-34-45(93(86,87)88)23-25-50(47)70(52)29-6-8-31-91(80,81)82)54(38)89-43-20-12-37(13-21-43)32-48(58(74)75)65-56(72)40-14-18-42(19-15-40)71(68-76)36-41-35-63-55-53(64-41)57(73)67-59(62)66-55/h12-27,33-35,48H,5-11,28-32,36H2,1-4H3,(H8-,62,63,65,66,67,72,73,74,75,77,78,79,80,81,82,83,84,85,86,87,88)/p+1/t48-/m0/s1. The average molecular weight is 1360 g/mol. The number of nitrogens with one attached hydrogen (secondary N) is 2. The highest BCUT2D eigenvalue weighted by molar-refractivity contribution is 7.86. The smallest absolute Gasteiger partial charge is 0.326 e. The zero-order chi connectivity index (χ0) is 67.6. The fraction of sp³-hybridized carbons (Fsp3) is 0.328. The Hall–Kier alpha value is -8.89. The van der Waals surface area contributed by atoms with Gasteiger partial charge in [0.2, 0.25) is 11.6 Å². The lowest BCUT2D eigenvalue weighted by Crippen LogP contribution is -2.42. The fourth-order valence-electron chi connectivity index (χ4n) is 11.6. The molecule has 0 bridgehead atoms. The van der Waals surface area contributed by atoms with Crippen LogP contribution in [0.2, 0.25) is 0 Å². The number of carbonyl (C=O) groups is 2. The van der Waals surface area contributed by atoms with E-state index in [-0.39, 0.29) is 95.6 Å². The molecule has 9 rings (SSSR count). The lowest BCUT2D eigenvalue weighted by Gasteiger charge is -2.27. The zero-order valence-electron chi connectivity index (χ0n) is 50.6. The lowest BCUT2D eigenvalue weighted by atomic mass is 9.81. The van der Waals surface area contributed by atoms with Gasteiger partial charge < -0.3 is 25.8 Å². The number of nitrogen functional groups attached to an aromatic ring is 1. The molecule has 0 saturated carbocycles. The summed E-state index contributed by atoms with van der Waals surface area (Å²) in [6.07, 6.45) is 10.8. The van der Waals surface area contributed by atoms with E-state index >= 15 is 0 Å². The van der Waals surface area contributed by atoms with E-state index in [0.717, 1.165) is 5.01 Å². The van der Waals surface area contributed by atoms with Crippen molar-refractivity contribution in [1.29, 1.82) is 0 Å². The normalized spacial score (nSPS) is 16.9. The monoisotopic (exact) mass is 1360 g/mol. The van der Waals surface area contributed by atoms with Crippen LogP contribution in [0.1, 0.15) is 105 Å². The van der Waals surface area contributed by atoms with Gasteiger partial charge in [-0.25, -0.2) is 19.8 Å². The van der Waals surface area contributed by atoms with Gasteiger partial charge in [0.05, 0.1) is 56.1 Å². The number of H-pyrrole nitrogens is 1. The highest BCUT2D eigenvalue weighted by Crippen LogP contribution is 2.49. The second kappa shape index (κ2) is 27.0. The molecule has 2 aliphatic heterocycles. The zero-order valence-corrected chi connectivity index (χ0v) is 53.9. The molecule has 492 valence electrons. The third-order valence-electron chi connectivity index (χ3n) is 16.3. The minimum atomic E-state index is -4.63. The SMILES string of the molecule is CC1(C)C(/C=C/C2=C(Oc3ccc(C[C@H](NC(=O)c4ccc(N(Cc5cnc6nc(N)[nH]c(=O)c6n5)N=O)cc4)C(=O)O)cc3)C(=C/C=C3/N(CCCCS(=O)(=O)O)c4ccc(S(=O)(=O)O)cc4C3(C)C)/CCC2)=[N+](CCCCS(=O)(=O)O)c2ccc(S(=O)(=O)O)cc21. The number of allylic oxidation sites excluding steroid dienone is 7. The van der Waals surface area contributed by atoms with E-state index in [2.05, 4.69) is 30.5 Å². The molecule has 1 aliphatic carbocycles. The number of benzene rings is 4. The summed E-state index contributed by atoms with van der Waals surface area (Å²) in [6, 6.07) is 19.1. The number of hydrogen-bond donors (Lipinski definition) is 8. The van der Waals surface area contributed by atoms with E-state index in [9.17, 15) is 76.3 Å². The maximum atomic E-state index is 13.6. The van der Waals surface area contributed by atoms with Gasteiger partial charge in [-0.3, -0.25) is 32.8 Å².